The second-order valence-corrected chi connectivity index (χ2v) is 6.62. The molecular formula is C21H27NO2. The van der Waals surface area contributed by atoms with Gasteiger partial charge in [-0.1, -0.05) is 32.0 Å². The van der Waals surface area contributed by atoms with Crippen molar-refractivity contribution in [1.82, 2.24) is 5.32 Å². The summed E-state index contributed by atoms with van der Waals surface area (Å²) in [5.74, 6) is 1.23. The molecule has 0 aliphatic carbocycles. The molecule has 0 radical (unpaired) electrons. The van der Waals surface area contributed by atoms with Crippen molar-refractivity contribution in [2.75, 3.05) is 7.11 Å². The monoisotopic (exact) mass is 325 g/mol. The molecule has 0 spiro atoms. The van der Waals surface area contributed by atoms with Crippen molar-refractivity contribution in [1.29, 1.82) is 0 Å². The van der Waals surface area contributed by atoms with Crippen LogP contribution in [0.25, 0.3) is 0 Å². The molecule has 0 aliphatic rings. The first-order chi connectivity index (χ1) is 11.3. The van der Waals surface area contributed by atoms with Crippen LogP contribution in [0.5, 0.6) is 5.75 Å². The van der Waals surface area contributed by atoms with Crippen molar-refractivity contribution in [2.45, 2.75) is 46.6 Å². The summed E-state index contributed by atoms with van der Waals surface area (Å²) < 4.78 is 5.50. The molecule has 1 atom stereocenters. The van der Waals surface area contributed by atoms with E-state index in [4.69, 9.17) is 4.74 Å². The van der Waals surface area contributed by atoms with E-state index < -0.39 is 0 Å². The summed E-state index contributed by atoms with van der Waals surface area (Å²) in [5.41, 5.74) is 5.11. The van der Waals surface area contributed by atoms with Gasteiger partial charge in [-0.2, -0.15) is 0 Å². The van der Waals surface area contributed by atoms with Crippen LogP contribution in [-0.2, 0) is 0 Å². The summed E-state index contributed by atoms with van der Waals surface area (Å²) in [6.45, 7) is 10.3. The molecule has 2 aromatic rings. The van der Waals surface area contributed by atoms with E-state index in [1.54, 1.807) is 7.11 Å². The Hall–Kier alpha value is -2.29. The number of hydrogen-bond acceptors (Lipinski definition) is 2. The quantitative estimate of drug-likeness (QED) is 0.847. The van der Waals surface area contributed by atoms with Gasteiger partial charge in [-0.3, -0.25) is 4.79 Å². The highest BCUT2D eigenvalue weighted by Crippen LogP contribution is 2.32. The molecule has 2 rings (SSSR count). The van der Waals surface area contributed by atoms with E-state index in [-0.39, 0.29) is 11.9 Å². The van der Waals surface area contributed by atoms with Gasteiger partial charge in [0.05, 0.1) is 13.2 Å². The minimum absolute atomic E-state index is 0.0399. The average Bonchev–Trinajstić information content (AvgIpc) is 2.54. The van der Waals surface area contributed by atoms with Gasteiger partial charge in [-0.25, -0.2) is 0 Å². The molecule has 24 heavy (non-hydrogen) atoms. The molecule has 0 fully saturated rings. The molecule has 0 aromatic heterocycles. The summed E-state index contributed by atoms with van der Waals surface area (Å²) in [6.07, 6.45) is 0. The third-order valence-corrected chi connectivity index (χ3v) is 4.44. The molecule has 0 saturated heterocycles. The molecule has 3 nitrogen and oxygen atoms in total. The number of methoxy groups -OCH3 is 1. The Labute approximate surface area is 145 Å². The third kappa shape index (κ3) is 3.78. The Morgan fingerprint density at radius 1 is 1.00 bits per heavy atom. The maximum atomic E-state index is 12.6. The normalized spacial score (nSPS) is 12.1. The van der Waals surface area contributed by atoms with Gasteiger partial charge >= 0.3 is 0 Å². The van der Waals surface area contributed by atoms with E-state index in [2.05, 4.69) is 38.2 Å². The molecular weight excluding hydrogens is 298 g/mol. The molecule has 1 N–H and O–H groups in total. The van der Waals surface area contributed by atoms with Gasteiger partial charge in [-0.05, 0) is 67.1 Å². The maximum Gasteiger partial charge on any atom is 0.252 e. The van der Waals surface area contributed by atoms with Crippen LogP contribution >= 0.6 is 0 Å². The van der Waals surface area contributed by atoms with Crippen molar-refractivity contribution >= 4 is 5.91 Å². The maximum absolute atomic E-state index is 12.6. The highest BCUT2D eigenvalue weighted by molar-refractivity contribution is 5.95. The lowest BCUT2D eigenvalue weighted by molar-refractivity contribution is 0.0939. The first-order valence-electron chi connectivity index (χ1n) is 8.40. The van der Waals surface area contributed by atoms with E-state index in [0.29, 0.717) is 5.92 Å². The molecule has 0 heterocycles. The van der Waals surface area contributed by atoms with Crippen molar-refractivity contribution in [3.63, 3.8) is 0 Å². The van der Waals surface area contributed by atoms with E-state index in [0.717, 1.165) is 33.6 Å². The average molecular weight is 325 g/mol. The molecule has 0 unspecified atom stereocenters. The van der Waals surface area contributed by atoms with E-state index in [1.165, 1.54) is 0 Å². The van der Waals surface area contributed by atoms with Gasteiger partial charge in [0.2, 0.25) is 0 Å². The SMILES string of the molecule is COc1cc(C)c([C@H](C)NC(=O)c2ccccc2C)cc1C(C)C. The first-order valence-corrected chi connectivity index (χ1v) is 8.40. The van der Waals surface area contributed by atoms with Gasteiger partial charge in [-0.15, -0.1) is 0 Å². The molecule has 2 aromatic carbocycles. The Bertz CT molecular complexity index is 735. The van der Waals surface area contributed by atoms with E-state index in [9.17, 15) is 4.79 Å². The minimum atomic E-state index is -0.0690. The molecule has 0 aliphatic heterocycles. The number of benzene rings is 2. The van der Waals surface area contributed by atoms with Crippen molar-refractivity contribution < 1.29 is 9.53 Å². The number of nitrogens with one attached hydrogen (secondary N) is 1. The summed E-state index contributed by atoms with van der Waals surface area (Å²) in [7, 11) is 1.70. The minimum Gasteiger partial charge on any atom is -0.496 e. The zero-order chi connectivity index (χ0) is 17.9. The highest BCUT2D eigenvalue weighted by Gasteiger charge is 2.18. The number of amides is 1. The van der Waals surface area contributed by atoms with Crippen LogP contribution < -0.4 is 10.1 Å². The fraction of sp³-hybridized carbons (Fsp3) is 0.381. The molecule has 0 bridgehead atoms. The third-order valence-electron chi connectivity index (χ3n) is 4.44. The fourth-order valence-corrected chi connectivity index (χ4v) is 2.99. The van der Waals surface area contributed by atoms with Crippen molar-refractivity contribution in [3.8, 4) is 5.75 Å². The topological polar surface area (TPSA) is 38.3 Å². The zero-order valence-electron chi connectivity index (χ0n) is 15.4. The van der Waals surface area contributed by atoms with Gasteiger partial charge in [0, 0.05) is 5.56 Å². The van der Waals surface area contributed by atoms with Gasteiger partial charge in [0.25, 0.3) is 5.91 Å². The Kier molecular flexibility index (Phi) is 5.66. The fourth-order valence-electron chi connectivity index (χ4n) is 2.99. The van der Waals surface area contributed by atoms with E-state index >= 15 is 0 Å². The van der Waals surface area contributed by atoms with Gasteiger partial charge in [0.1, 0.15) is 5.75 Å². The van der Waals surface area contributed by atoms with Gasteiger partial charge < -0.3 is 10.1 Å². The smallest absolute Gasteiger partial charge is 0.252 e. The molecule has 1 amide bonds. The van der Waals surface area contributed by atoms with Crippen molar-refractivity contribution in [2.24, 2.45) is 0 Å². The summed E-state index contributed by atoms with van der Waals surface area (Å²) >= 11 is 0. The first kappa shape index (κ1) is 18.1. The number of ether oxygens (including phenoxy) is 1. The summed E-state index contributed by atoms with van der Waals surface area (Å²) in [6, 6.07) is 11.8. The summed E-state index contributed by atoms with van der Waals surface area (Å²) in [4.78, 5) is 12.6. The number of hydrogen-bond donors (Lipinski definition) is 1. The van der Waals surface area contributed by atoms with Crippen LogP contribution in [0.3, 0.4) is 0 Å². The second kappa shape index (κ2) is 7.52. The number of carbonyl (C=O) groups is 1. The Balaban J connectivity index is 2.29. The predicted molar refractivity (Wildman–Crippen MR) is 98.9 cm³/mol. The predicted octanol–water partition coefficient (Wildman–Crippen LogP) is 4.93. The Morgan fingerprint density at radius 2 is 1.67 bits per heavy atom. The van der Waals surface area contributed by atoms with Crippen LogP contribution in [-0.4, -0.2) is 13.0 Å². The van der Waals surface area contributed by atoms with Crippen LogP contribution in [0.2, 0.25) is 0 Å². The lowest BCUT2D eigenvalue weighted by Crippen LogP contribution is -2.27. The summed E-state index contributed by atoms with van der Waals surface area (Å²) in [5, 5.41) is 3.12. The van der Waals surface area contributed by atoms with Crippen LogP contribution in [0.15, 0.2) is 36.4 Å². The number of aryl methyl sites for hydroxylation is 2. The van der Waals surface area contributed by atoms with Crippen molar-refractivity contribution in [3.05, 3.63) is 64.2 Å². The van der Waals surface area contributed by atoms with Gasteiger partial charge in [0.15, 0.2) is 0 Å². The zero-order valence-corrected chi connectivity index (χ0v) is 15.4. The largest absolute Gasteiger partial charge is 0.496 e. The second-order valence-electron chi connectivity index (χ2n) is 6.62. The van der Waals surface area contributed by atoms with Crippen LogP contribution in [0.4, 0.5) is 0 Å². The molecule has 3 heteroatoms. The lowest BCUT2D eigenvalue weighted by atomic mass is 9.93. The highest BCUT2D eigenvalue weighted by atomic mass is 16.5. The van der Waals surface area contributed by atoms with Crippen LogP contribution in [0.1, 0.15) is 65.3 Å². The van der Waals surface area contributed by atoms with Crippen LogP contribution in [0, 0.1) is 13.8 Å². The molecule has 0 saturated carbocycles. The standard InChI is InChI=1S/C21H27NO2/c1-13(2)18-12-19(15(4)11-20(18)24-6)16(5)22-21(23)17-10-8-7-9-14(17)3/h7-13,16H,1-6H3,(H,22,23)/t16-/m0/s1. The Morgan fingerprint density at radius 3 is 2.25 bits per heavy atom. The lowest BCUT2D eigenvalue weighted by Gasteiger charge is -2.21. The van der Waals surface area contributed by atoms with E-state index in [1.807, 2.05) is 38.1 Å². The molecule has 128 valence electrons. The number of carbonyl (C=O) groups excluding carboxylic acids is 1. The number of rotatable bonds is 5.